The van der Waals surface area contributed by atoms with E-state index in [2.05, 4.69) is 5.92 Å². The molecular formula is C18H16O2. The summed E-state index contributed by atoms with van der Waals surface area (Å²) in [6.07, 6.45) is 5.35. The highest BCUT2D eigenvalue weighted by atomic mass is 16.5. The third-order valence-electron chi connectivity index (χ3n) is 3.38. The zero-order chi connectivity index (χ0) is 14.2. The Balaban J connectivity index is 2.11. The minimum absolute atomic E-state index is 0.206. The van der Waals surface area contributed by atoms with Gasteiger partial charge < -0.3 is 9.47 Å². The molecule has 3 rings (SSSR count). The minimum atomic E-state index is -0.637. The van der Waals surface area contributed by atoms with Gasteiger partial charge in [-0.2, -0.15) is 0 Å². The first-order chi connectivity index (χ1) is 9.61. The third-order valence-corrected chi connectivity index (χ3v) is 3.38. The molecule has 0 fully saturated rings. The zero-order valence-corrected chi connectivity index (χ0v) is 11.6. The largest absolute Gasteiger partial charge is 0.457 e. The summed E-state index contributed by atoms with van der Waals surface area (Å²) in [5, 5.41) is 0. The van der Waals surface area contributed by atoms with Crippen molar-refractivity contribution in [2.45, 2.75) is 25.6 Å². The van der Waals surface area contributed by atoms with Crippen molar-refractivity contribution < 1.29 is 9.47 Å². The van der Waals surface area contributed by atoms with Crippen LogP contribution < -0.4 is 4.74 Å². The second kappa shape index (κ2) is 4.70. The van der Waals surface area contributed by atoms with Gasteiger partial charge in [0.25, 0.3) is 0 Å². The van der Waals surface area contributed by atoms with Gasteiger partial charge >= 0.3 is 0 Å². The van der Waals surface area contributed by atoms with Crippen LogP contribution in [0.15, 0.2) is 48.5 Å². The number of ether oxygens (including phenoxy) is 2. The van der Waals surface area contributed by atoms with E-state index in [-0.39, 0.29) is 6.10 Å². The summed E-state index contributed by atoms with van der Waals surface area (Å²) < 4.78 is 12.1. The average molecular weight is 264 g/mol. The van der Waals surface area contributed by atoms with Gasteiger partial charge in [0.05, 0.1) is 0 Å². The molecule has 2 nitrogen and oxygen atoms in total. The summed E-state index contributed by atoms with van der Waals surface area (Å²) in [4.78, 5) is 0. The lowest BCUT2D eigenvalue weighted by Crippen LogP contribution is -2.27. The summed E-state index contributed by atoms with van der Waals surface area (Å²) in [6, 6.07) is 15.8. The molecule has 0 saturated carbocycles. The summed E-state index contributed by atoms with van der Waals surface area (Å²) >= 11 is 0. The molecule has 0 saturated heterocycles. The molecule has 1 aliphatic heterocycles. The van der Waals surface area contributed by atoms with Crippen molar-refractivity contribution >= 4 is 0 Å². The Hall–Kier alpha value is -2.24. The molecule has 0 aromatic heterocycles. The van der Waals surface area contributed by atoms with Crippen molar-refractivity contribution in [1.29, 1.82) is 0 Å². The van der Waals surface area contributed by atoms with Gasteiger partial charge in [0.1, 0.15) is 23.2 Å². The maximum Gasteiger partial charge on any atom is 0.133 e. The number of rotatable bonds is 2. The van der Waals surface area contributed by atoms with E-state index < -0.39 is 5.60 Å². The fourth-order valence-electron chi connectivity index (χ4n) is 2.32. The fourth-order valence-corrected chi connectivity index (χ4v) is 2.32. The molecule has 2 aromatic carbocycles. The van der Waals surface area contributed by atoms with Crippen molar-refractivity contribution in [3.8, 4) is 23.8 Å². The predicted molar refractivity (Wildman–Crippen MR) is 78.8 cm³/mol. The van der Waals surface area contributed by atoms with Crippen molar-refractivity contribution in [3.05, 3.63) is 59.7 Å². The van der Waals surface area contributed by atoms with Crippen molar-refractivity contribution in [2.24, 2.45) is 0 Å². The van der Waals surface area contributed by atoms with Crippen LogP contribution in [-0.2, 0) is 4.74 Å². The molecule has 1 heterocycles. The van der Waals surface area contributed by atoms with Crippen LogP contribution in [0.25, 0.3) is 0 Å². The Morgan fingerprint density at radius 1 is 1.00 bits per heavy atom. The Labute approximate surface area is 119 Å². The van der Waals surface area contributed by atoms with Crippen molar-refractivity contribution in [2.75, 3.05) is 0 Å². The molecular weight excluding hydrogens is 248 g/mol. The highest BCUT2D eigenvalue weighted by molar-refractivity contribution is 5.52. The fraction of sp³-hybridized carbons (Fsp3) is 0.222. The maximum atomic E-state index is 6.16. The molecule has 0 amide bonds. The van der Waals surface area contributed by atoms with Crippen LogP contribution in [0.5, 0.6) is 11.5 Å². The van der Waals surface area contributed by atoms with Crippen LogP contribution in [0.3, 0.4) is 0 Å². The topological polar surface area (TPSA) is 18.5 Å². The molecule has 100 valence electrons. The van der Waals surface area contributed by atoms with Gasteiger partial charge in [-0.05, 0) is 26.0 Å². The van der Waals surface area contributed by atoms with Gasteiger partial charge in [0.2, 0.25) is 0 Å². The quantitative estimate of drug-likeness (QED) is 0.752. The monoisotopic (exact) mass is 264 g/mol. The maximum absolute atomic E-state index is 6.16. The molecule has 1 aliphatic rings. The van der Waals surface area contributed by atoms with E-state index >= 15 is 0 Å². The molecule has 0 bridgehead atoms. The van der Waals surface area contributed by atoms with Crippen LogP contribution >= 0.6 is 0 Å². The number of terminal acetylenes is 1. The first-order valence-corrected chi connectivity index (χ1v) is 6.62. The summed E-state index contributed by atoms with van der Waals surface area (Å²) in [6.45, 7) is 3.79. The van der Waals surface area contributed by atoms with Gasteiger partial charge in [0.15, 0.2) is 0 Å². The van der Waals surface area contributed by atoms with E-state index in [0.29, 0.717) is 0 Å². The van der Waals surface area contributed by atoms with E-state index in [9.17, 15) is 0 Å². The van der Waals surface area contributed by atoms with Crippen LogP contribution in [0.2, 0.25) is 0 Å². The summed E-state index contributed by atoms with van der Waals surface area (Å²) in [5.74, 6) is 4.33. The SMILES string of the molecule is C#CC(C)(C)OC1c2ccccc2Oc2ccccc21. The number of para-hydroxylation sites is 2. The van der Waals surface area contributed by atoms with Crippen LogP contribution in [0.1, 0.15) is 31.1 Å². The van der Waals surface area contributed by atoms with Crippen molar-refractivity contribution in [1.82, 2.24) is 0 Å². The lowest BCUT2D eigenvalue weighted by Gasteiger charge is -2.32. The number of fused-ring (bicyclic) bond motifs is 2. The Morgan fingerprint density at radius 2 is 1.50 bits per heavy atom. The van der Waals surface area contributed by atoms with E-state index in [1.165, 1.54) is 0 Å². The standard InChI is InChI=1S/C18H16O2/c1-4-18(2,3)20-17-13-9-5-7-11-15(13)19-16-12-8-6-10-14(16)17/h1,5-12,17H,2-3H3. The minimum Gasteiger partial charge on any atom is -0.457 e. The van der Waals surface area contributed by atoms with Crippen molar-refractivity contribution in [3.63, 3.8) is 0 Å². The van der Waals surface area contributed by atoms with Crippen LogP contribution in [-0.4, -0.2) is 5.60 Å². The molecule has 0 aliphatic carbocycles. The lowest BCUT2D eigenvalue weighted by atomic mass is 9.96. The summed E-state index contributed by atoms with van der Waals surface area (Å²) in [7, 11) is 0. The second-order valence-electron chi connectivity index (χ2n) is 5.33. The smallest absolute Gasteiger partial charge is 0.133 e. The molecule has 0 unspecified atom stereocenters. The molecule has 0 N–H and O–H groups in total. The first kappa shape index (κ1) is 12.8. The van der Waals surface area contributed by atoms with Gasteiger partial charge in [-0.25, -0.2) is 0 Å². The van der Waals surface area contributed by atoms with E-state index in [0.717, 1.165) is 22.6 Å². The second-order valence-corrected chi connectivity index (χ2v) is 5.33. The highest BCUT2D eigenvalue weighted by Gasteiger charge is 2.31. The van der Waals surface area contributed by atoms with Gasteiger partial charge in [-0.1, -0.05) is 42.3 Å². The first-order valence-electron chi connectivity index (χ1n) is 6.62. The Morgan fingerprint density at radius 3 is 2.00 bits per heavy atom. The van der Waals surface area contributed by atoms with E-state index in [1.54, 1.807) is 0 Å². The lowest BCUT2D eigenvalue weighted by molar-refractivity contribution is -0.0200. The molecule has 0 atom stereocenters. The van der Waals surface area contributed by atoms with Crippen LogP contribution in [0.4, 0.5) is 0 Å². The molecule has 0 radical (unpaired) electrons. The third kappa shape index (κ3) is 2.17. The van der Waals surface area contributed by atoms with Gasteiger partial charge in [-0.3, -0.25) is 0 Å². The van der Waals surface area contributed by atoms with Gasteiger partial charge in [-0.15, -0.1) is 6.42 Å². The normalized spacial score (nSPS) is 13.8. The molecule has 20 heavy (non-hydrogen) atoms. The number of benzene rings is 2. The molecule has 2 heteroatoms. The van der Waals surface area contributed by atoms with Crippen LogP contribution in [0, 0.1) is 12.3 Å². The summed E-state index contributed by atoms with van der Waals surface area (Å²) in [5.41, 5.74) is 1.38. The number of hydrogen-bond donors (Lipinski definition) is 0. The predicted octanol–water partition coefficient (Wildman–Crippen LogP) is 4.31. The van der Waals surface area contributed by atoms with E-state index in [4.69, 9.17) is 15.9 Å². The van der Waals surface area contributed by atoms with E-state index in [1.807, 2.05) is 62.4 Å². The zero-order valence-electron chi connectivity index (χ0n) is 11.6. The number of hydrogen-bond acceptors (Lipinski definition) is 2. The molecule has 2 aromatic rings. The Kier molecular flexibility index (Phi) is 3.00. The van der Waals surface area contributed by atoms with Gasteiger partial charge in [0, 0.05) is 11.1 Å². The Bertz CT molecular complexity index is 634. The average Bonchev–Trinajstić information content (AvgIpc) is 2.47. The highest BCUT2D eigenvalue weighted by Crippen LogP contribution is 2.45. The molecule has 0 spiro atoms.